The largest absolute Gasteiger partial charge is 0.366 e. The van der Waals surface area contributed by atoms with Gasteiger partial charge in [0.05, 0.1) is 5.69 Å². The molecule has 0 atom stereocenters. The summed E-state index contributed by atoms with van der Waals surface area (Å²) in [7, 11) is 1.99. The number of anilines is 2. The molecule has 0 radical (unpaired) electrons. The highest BCUT2D eigenvalue weighted by molar-refractivity contribution is 6.36. The van der Waals surface area contributed by atoms with Crippen molar-refractivity contribution in [3.8, 4) is 11.3 Å². The molecule has 1 aliphatic carbocycles. The Balaban J connectivity index is 1.43. The molecular formula is C23H21BClN5O. The summed E-state index contributed by atoms with van der Waals surface area (Å²) in [6, 6.07) is 17.5. The molecule has 0 spiro atoms. The van der Waals surface area contributed by atoms with E-state index >= 15 is 0 Å². The lowest BCUT2D eigenvalue weighted by Crippen LogP contribution is -2.13. The van der Waals surface area contributed by atoms with E-state index in [-0.39, 0.29) is 11.8 Å². The normalized spacial score (nSPS) is 13.3. The van der Waals surface area contributed by atoms with Crippen molar-refractivity contribution in [2.75, 3.05) is 10.6 Å². The highest BCUT2D eigenvalue weighted by atomic mass is 35.5. The summed E-state index contributed by atoms with van der Waals surface area (Å²) in [6.45, 7) is 0.577. The van der Waals surface area contributed by atoms with Gasteiger partial charge >= 0.3 is 0 Å². The SMILES string of the molecule is Bc1cnn2c(NCc3cccc(NC(=O)C4CC4)c3)cc(-c3ccccc3Cl)nc12. The summed E-state index contributed by atoms with van der Waals surface area (Å²) < 4.78 is 1.80. The topological polar surface area (TPSA) is 71.3 Å². The number of halogens is 1. The summed E-state index contributed by atoms with van der Waals surface area (Å²) >= 11 is 6.42. The molecule has 31 heavy (non-hydrogen) atoms. The molecule has 1 aliphatic rings. The van der Waals surface area contributed by atoms with E-state index in [0.717, 1.165) is 52.3 Å². The number of amides is 1. The number of hydrogen-bond acceptors (Lipinski definition) is 4. The van der Waals surface area contributed by atoms with E-state index in [1.807, 2.05) is 62.4 Å². The van der Waals surface area contributed by atoms with E-state index in [1.165, 1.54) is 0 Å². The maximum absolute atomic E-state index is 12.1. The maximum atomic E-state index is 12.1. The first-order valence-corrected chi connectivity index (χ1v) is 10.7. The minimum atomic E-state index is 0.109. The van der Waals surface area contributed by atoms with Gasteiger partial charge in [-0.1, -0.05) is 41.9 Å². The van der Waals surface area contributed by atoms with E-state index in [2.05, 4.69) is 15.7 Å². The van der Waals surface area contributed by atoms with Crippen molar-refractivity contribution in [2.24, 2.45) is 5.92 Å². The van der Waals surface area contributed by atoms with Crippen molar-refractivity contribution < 1.29 is 4.79 Å². The Morgan fingerprint density at radius 1 is 1.16 bits per heavy atom. The minimum Gasteiger partial charge on any atom is -0.366 e. The lowest BCUT2D eigenvalue weighted by molar-refractivity contribution is -0.117. The Hall–Kier alpha value is -3.32. The van der Waals surface area contributed by atoms with E-state index in [0.29, 0.717) is 11.6 Å². The van der Waals surface area contributed by atoms with E-state index < -0.39 is 0 Å². The van der Waals surface area contributed by atoms with Gasteiger partial charge in [-0.15, -0.1) is 0 Å². The predicted molar refractivity (Wildman–Crippen MR) is 127 cm³/mol. The number of rotatable bonds is 6. The van der Waals surface area contributed by atoms with Crippen LogP contribution in [-0.4, -0.2) is 28.4 Å². The fourth-order valence-electron chi connectivity index (χ4n) is 3.55. The van der Waals surface area contributed by atoms with Crippen LogP contribution in [0.3, 0.4) is 0 Å². The van der Waals surface area contributed by atoms with Crippen LogP contribution in [-0.2, 0) is 11.3 Å². The van der Waals surface area contributed by atoms with Gasteiger partial charge in [0.15, 0.2) is 5.65 Å². The first kappa shape index (κ1) is 19.6. The molecule has 8 heteroatoms. The number of carbonyl (C=O) groups excluding carboxylic acids is 1. The standard InChI is InChI=1S/C23H21BClN5O/c24-18-13-27-30-21(11-20(29-22(18)30)17-6-1-2-7-19(17)25)26-12-14-4-3-5-16(10-14)28-23(31)15-8-9-15/h1-7,10-11,13,15,26H,8-9,12,24H2,(H,28,31). The first-order chi connectivity index (χ1) is 15.1. The van der Waals surface area contributed by atoms with Crippen LogP contribution in [0.2, 0.25) is 5.02 Å². The summed E-state index contributed by atoms with van der Waals surface area (Å²) in [4.78, 5) is 16.8. The zero-order chi connectivity index (χ0) is 21.4. The van der Waals surface area contributed by atoms with Crippen LogP contribution in [0.25, 0.3) is 16.9 Å². The van der Waals surface area contributed by atoms with Crippen molar-refractivity contribution in [1.82, 2.24) is 14.6 Å². The highest BCUT2D eigenvalue weighted by Gasteiger charge is 2.29. The van der Waals surface area contributed by atoms with E-state index in [1.54, 1.807) is 10.7 Å². The van der Waals surface area contributed by atoms with Crippen LogP contribution in [0.5, 0.6) is 0 Å². The Kier molecular flexibility index (Phi) is 5.12. The van der Waals surface area contributed by atoms with Gasteiger partial charge in [-0.25, -0.2) is 4.98 Å². The van der Waals surface area contributed by atoms with Crippen molar-refractivity contribution in [3.05, 3.63) is 71.4 Å². The average molecular weight is 430 g/mol. The Morgan fingerprint density at radius 2 is 2.00 bits per heavy atom. The molecule has 5 rings (SSSR count). The van der Waals surface area contributed by atoms with Gasteiger partial charge in [0.25, 0.3) is 0 Å². The maximum Gasteiger partial charge on any atom is 0.227 e. The molecule has 0 saturated heterocycles. The number of nitrogens with zero attached hydrogens (tertiary/aromatic N) is 3. The third-order valence-corrected chi connectivity index (χ3v) is 5.74. The Labute approximate surface area is 186 Å². The fraction of sp³-hybridized carbons (Fsp3) is 0.174. The molecule has 4 aromatic rings. The van der Waals surface area contributed by atoms with Crippen LogP contribution < -0.4 is 16.1 Å². The van der Waals surface area contributed by atoms with Crippen molar-refractivity contribution in [3.63, 3.8) is 0 Å². The second kappa shape index (κ2) is 8.08. The quantitative estimate of drug-likeness (QED) is 0.462. The molecule has 154 valence electrons. The number of nitrogens with one attached hydrogen (secondary N) is 2. The van der Waals surface area contributed by atoms with Gasteiger partial charge in [-0.05, 0) is 42.1 Å². The molecule has 0 unspecified atom stereocenters. The average Bonchev–Trinajstić information content (AvgIpc) is 3.56. The highest BCUT2D eigenvalue weighted by Crippen LogP contribution is 2.30. The summed E-state index contributed by atoms with van der Waals surface area (Å²) in [5.74, 6) is 1.11. The number of fused-ring (bicyclic) bond motifs is 1. The monoisotopic (exact) mass is 429 g/mol. The van der Waals surface area contributed by atoms with Gasteiger partial charge in [-0.2, -0.15) is 9.61 Å². The van der Waals surface area contributed by atoms with Gasteiger partial charge < -0.3 is 10.6 Å². The zero-order valence-electron chi connectivity index (χ0n) is 17.1. The number of benzene rings is 2. The molecule has 1 amide bonds. The second-order valence-electron chi connectivity index (χ2n) is 7.89. The third kappa shape index (κ3) is 4.14. The van der Waals surface area contributed by atoms with Gasteiger partial charge in [0, 0.05) is 41.0 Å². The van der Waals surface area contributed by atoms with Gasteiger partial charge in [0.1, 0.15) is 13.7 Å². The van der Waals surface area contributed by atoms with Gasteiger partial charge in [0.2, 0.25) is 5.91 Å². The molecule has 2 aromatic heterocycles. The molecule has 0 aliphatic heterocycles. The lowest BCUT2D eigenvalue weighted by atomic mass is 10.0. The Bertz CT molecular complexity index is 1280. The summed E-state index contributed by atoms with van der Waals surface area (Å²) in [5.41, 5.74) is 5.31. The van der Waals surface area contributed by atoms with Crippen molar-refractivity contribution in [1.29, 1.82) is 0 Å². The number of hydrogen-bond donors (Lipinski definition) is 2. The summed E-state index contributed by atoms with van der Waals surface area (Å²) in [6.07, 6.45) is 3.78. The smallest absolute Gasteiger partial charge is 0.227 e. The predicted octanol–water partition coefficient (Wildman–Crippen LogP) is 3.27. The lowest BCUT2D eigenvalue weighted by Gasteiger charge is -2.13. The fourth-order valence-corrected chi connectivity index (χ4v) is 3.78. The third-order valence-electron chi connectivity index (χ3n) is 5.41. The molecule has 2 N–H and O–H groups in total. The van der Waals surface area contributed by atoms with Crippen molar-refractivity contribution >= 4 is 48.0 Å². The zero-order valence-corrected chi connectivity index (χ0v) is 17.9. The molecule has 6 nitrogen and oxygen atoms in total. The molecule has 1 saturated carbocycles. The molecule has 1 fully saturated rings. The van der Waals surface area contributed by atoms with Crippen LogP contribution >= 0.6 is 11.6 Å². The van der Waals surface area contributed by atoms with Crippen LogP contribution in [0.15, 0.2) is 60.8 Å². The Morgan fingerprint density at radius 3 is 2.81 bits per heavy atom. The number of carbonyl (C=O) groups is 1. The van der Waals surface area contributed by atoms with Crippen molar-refractivity contribution in [2.45, 2.75) is 19.4 Å². The van der Waals surface area contributed by atoms with E-state index in [4.69, 9.17) is 16.6 Å². The molecular weight excluding hydrogens is 409 g/mol. The second-order valence-corrected chi connectivity index (χ2v) is 8.29. The molecule has 0 bridgehead atoms. The minimum absolute atomic E-state index is 0.109. The number of aromatic nitrogens is 3. The van der Waals surface area contributed by atoms with E-state index in [9.17, 15) is 4.79 Å². The van der Waals surface area contributed by atoms with Crippen LogP contribution in [0.1, 0.15) is 18.4 Å². The van der Waals surface area contributed by atoms with Gasteiger partial charge in [-0.3, -0.25) is 4.79 Å². The molecule has 2 heterocycles. The van der Waals surface area contributed by atoms with Crippen LogP contribution in [0, 0.1) is 5.92 Å². The molecule has 2 aromatic carbocycles. The van der Waals surface area contributed by atoms with Crippen LogP contribution in [0.4, 0.5) is 11.5 Å². The summed E-state index contributed by atoms with van der Waals surface area (Å²) in [5, 5.41) is 11.6. The first-order valence-electron chi connectivity index (χ1n) is 10.3.